The lowest BCUT2D eigenvalue weighted by Crippen LogP contribution is -2.29. The van der Waals surface area contributed by atoms with Crippen LogP contribution in [0.25, 0.3) is 0 Å². The van der Waals surface area contributed by atoms with Crippen LogP contribution in [0.15, 0.2) is 78.9 Å². The number of carbonyl (C=O) groups excluding carboxylic acids is 2. The van der Waals surface area contributed by atoms with Crippen molar-refractivity contribution in [1.29, 1.82) is 0 Å². The minimum atomic E-state index is -0.450. The molecular formula is C23H23N3O3. The van der Waals surface area contributed by atoms with Crippen LogP contribution in [0, 0.1) is 0 Å². The number of rotatable bonds is 8. The van der Waals surface area contributed by atoms with E-state index in [1.54, 1.807) is 24.3 Å². The van der Waals surface area contributed by atoms with Crippen molar-refractivity contribution >= 4 is 17.6 Å². The Bertz CT molecular complexity index is 974. The Hall–Kier alpha value is -3.80. The number of nitrogens with two attached hydrogens (primary N) is 1. The van der Waals surface area contributed by atoms with E-state index >= 15 is 0 Å². The molecule has 148 valence electrons. The largest absolute Gasteiger partial charge is 0.489 e. The predicted molar refractivity (Wildman–Crippen MR) is 112 cm³/mol. The first-order valence-electron chi connectivity index (χ1n) is 9.27. The van der Waals surface area contributed by atoms with E-state index in [1.807, 2.05) is 54.6 Å². The van der Waals surface area contributed by atoms with Crippen molar-refractivity contribution in [1.82, 2.24) is 5.32 Å². The molecule has 0 saturated carbocycles. The zero-order valence-electron chi connectivity index (χ0n) is 15.9. The average molecular weight is 389 g/mol. The molecule has 0 aliphatic heterocycles. The van der Waals surface area contributed by atoms with E-state index in [0.717, 1.165) is 16.9 Å². The molecule has 3 aromatic carbocycles. The van der Waals surface area contributed by atoms with Gasteiger partial charge < -0.3 is 21.1 Å². The van der Waals surface area contributed by atoms with Gasteiger partial charge in [-0.1, -0.05) is 60.7 Å². The van der Waals surface area contributed by atoms with Gasteiger partial charge in [0.15, 0.2) is 0 Å². The summed E-state index contributed by atoms with van der Waals surface area (Å²) in [6.45, 7) is 0.813. The summed E-state index contributed by atoms with van der Waals surface area (Å²) in [5.41, 5.74) is 8.47. The summed E-state index contributed by atoms with van der Waals surface area (Å²) in [6.07, 6.45) is 0.0694. The van der Waals surface area contributed by atoms with Crippen LogP contribution in [0.5, 0.6) is 5.75 Å². The van der Waals surface area contributed by atoms with Gasteiger partial charge in [0.2, 0.25) is 5.91 Å². The Morgan fingerprint density at radius 2 is 1.59 bits per heavy atom. The van der Waals surface area contributed by atoms with E-state index in [9.17, 15) is 9.59 Å². The third kappa shape index (κ3) is 6.39. The third-order valence-electron chi connectivity index (χ3n) is 4.22. The summed E-state index contributed by atoms with van der Waals surface area (Å²) < 4.78 is 5.76. The molecule has 0 atom stereocenters. The highest BCUT2D eigenvalue weighted by molar-refractivity contribution is 5.91. The van der Waals surface area contributed by atoms with Crippen molar-refractivity contribution in [2.75, 3.05) is 5.32 Å². The third-order valence-corrected chi connectivity index (χ3v) is 4.22. The van der Waals surface area contributed by atoms with Gasteiger partial charge in [-0.2, -0.15) is 0 Å². The highest BCUT2D eigenvalue weighted by atomic mass is 16.5. The standard InChI is InChI=1S/C23H23N3O3/c24-22(27)14-19-9-4-5-12-21(19)26-23(28)25-15-17-7-6-8-18(13-17)16-29-20-10-2-1-3-11-20/h1-13H,14-16H2,(H2,24,27)(H2,25,26,28). The van der Waals surface area contributed by atoms with Gasteiger partial charge in [0.1, 0.15) is 12.4 Å². The van der Waals surface area contributed by atoms with Crippen LogP contribution in [-0.2, 0) is 24.4 Å². The van der Waals surface area contributed by atoms with Crippen LogP contribution in [0.3, 0.4) is 0 Å². The van der Waals surface area contributed by atoms with Crippen LogP contribution in [0.2, 0.25) is 0 Å². The summed E-state index contributed by atoms with van der Waals surface area (Å²) in [7, 11) is 0. The van der Waals surface area contributed by atoms with Gasteiger partial charge in [-0.15, -0.1) is 0 Å². The number of ether oxygens (including phenoxy) is 1. The van der Waals surface area contributed by atoms with Crippen molar-refractivity contribution in [2.45, 2.75) is 19.6 Å². The van der Waals surface area contributed by atoms with Crippen LogP contribution < -0.4 is 21.1 Å². The molecule has 3 aromatic rings. The Morgan fingerprint density at radius 1 is 0.862 bits per heavy atom. The van der Waals surface area contributed by atoms with Crippen LogP contribution in [-0.4, -0.2) is 11.9 Å². The van der Waals surface area contributed by atoms with Crippen molar-refractivity contribution < 1.29 is 14.3 Å². The fourth-order valence-corrected chi connectivity index (χ4v) is 2.85. The molecule has 6 heteroatoms. The second-order valence-electron chi connectivity index (χ2n) is 6.53. The number of primary amides is 1. The summed E-state index contributed by atoms with van der Waals surface area (Å²) in [5, 5.41) is 5.59. The van der Waals surface area contributed by atoms with E-state index < -0.39 is 5.91 Å². The molecule has 0 aliphatic carbocycles. The summed E-state index contributed by atoms with van der Waals surface area (Å²) in [5.74, 6) is 0.360. The van der Waals surface area contributed by atoms with E-state index in [4.69, 9.17) is 10.5 Å². The molecule has 0 spiro atoms. The summed E-state index contributed by atoms with van der Waals surface area (Å²) in [6, 6.07) is 24.2. The number of hydrogen-bond donors (Lipinski definition) is 3. The topological polar surface area (TPSA) is 93.5 Å². The lowest BCUT2D eigenvalue weighted by Gasteiger charge is -2.12. The predicted octanol–water partition coefficient (Wildman–Crippen LogP) is 3.62. The molecule has 29 heavy (non-hydrogen) atoms. The maximum Gasteiger partial charge on any atom is 0.319 e. The lowest BCUT2D eigenvalue weighted by molar-refractivity contribution is -0.117. The van der Waals surface area contributed by atoms with Gasteiger partial charge >= 0.3 is 6.03 Å². The Balaban J connectivity index is 1.53. The number of hydrogen-bond acceptors (Lipinski definition) is 3. The summed E-state index contributed by atoms with van der Waals surface area (Å²) >= 11 is 0. The smallest absolute Gasteiger partial charge is 0.319 e. The highest BCUT2D eigenvalue weighted by Crippen LogP contribution is 2.16. The molecule has 0 saturated heterocycles. The summed E-state index contributed by atoms with van der Waals surface area (Å²) in [4.78, 5) is 23.4. The Kier molecular flexibility index (Phi) is 6.84. The van der Waals surface area contributed by atoms with Gasteiger partial charge in [-0.25, -0.2) is 4.79 Å². The first kappa shape index (κ1) is 19.9. The first-order valence-corrected chi connectivity index (χ1v) is 9.27. The molecule has 0 fully saturated rings. The second-order valence-corrected chi connectivity index (χ2v) is 6.53. The second kappa shape index (κ2) is 9.94. The van der Waals surface area contributed by atoms with E-state index in [0.29, 0.717) is 24.4 Å². The van der Waals surface area contributed by atoms with Crippen molar-refractivity contribution in [3.05, 3.63) is 95.6 Å². The number of anilines is 1. The van der Waals surface area contributed by atoms with Gasteiger partial charge in [-0.05, 0) is 34.9 Å². The number of carbonyl (C=O) groups is 2. The molecule has 3 rings (SSSR count). The molecular weight excluding hydrogens is 366 g/mol. The van der Waals surface area contributed by atoms with Crippen molar-refractivity contribution in [3.8, 4) is 5.75 Å². The minimum absolute atomic E-state index is 0.0694. The molecule has 6 nitrogen and oxygen atoms in total. The maximum absolute atomic E-state index is 12.3. The maximum atomic E-state index is 12.3. The number of amides is 3. The highest BCUT2D eigenvalue weighted by Gasteiger charge is 2.08. The van der Waals surface area contributed by atoms with Crippen LogP contribution >= 0.6 is 0 Å². The molecule has 0 radical (unpaired) electrons. The van der Waals surface area contributed by atoms with E-state index in [2.05, 4.69) is 10.6 Å². The number of nitrogens with one attached hydrogen (secondary N) is 2. The van der Waals surface area contributed by atoms with Crippen molar-refractivity contribution in [2.24, 2.45) is 5.73 Å². The van der Waals surface area contributed by atoms with Crippen LogP contribution in [0.1, 0.15) is 16.7 Å². The lowest BCUT2D eigenvalue weighted by atomic mass is 10.1. The van der Waals surface area contributed by atoms with Gasteiger partial charge in [-0.3, -0.25) is 4.79 Å². The first-order chi connectivity index (χ1) is 14.1. The van der Waals surface area contributed by atoms with E-state index in [-0.39, 0.29) is 12.5 Å². The molecule has 0 aromatic heterocycles. The molecule has 3 amide bonds. The Morgan fingerprint density at radius 3 is 2.38 bits per heavy atom. The number of para-hydroxylation sites is 2. The fourth-order valence-electron chi connectivity index (χ4n) is 2.85. The Labute approximate surface area is 169 Å². The zero-order valence-corrected chi connectivity index (χ0v) is 15.9. The zero-order chi connectivity index (χ0) is 20.5. The quantitative estimate of drug-likeness (QED) is 0.549. The normalized spacial score (nSPS) is 10.2. The van der Waals surface area contributed by atoms with Gasteiger partial charge in [0, 0.05) is 12.2 Å². The number of urea groups is 1. The fraction of sp³-hybridized carbons (Fsp3) is 0.130. The molecule has 0 bridgehead atoms. The average Bonchev–Trinajstić information content (AvgIpc) is 2.73. The van der Waals surface area contributed by atoms with Crippen molar-refractivity contribution in [3.63, 3.8) is 0 Å². The minimum Gasteiger partial charge on any atom is -0.489 e. The molecule has 4 N–H and O–H groups in total. The van der Waals surface area contributed by atoms with Crippen LogP contribution in [0.4, 0.5) is 10.5 Å². The SMILES string of the molecule is NC(=O)Cc1ccccc1NC(=O)NCc1cccc(COc2ccccc2)c1. The molecule has 0 unspecified atom stereocenters. The molecule has 0 aliphatic rings. The monoisotopic (exact) mass is 389 g/mol. The van der Waals surface area contributed by atoms with E-state index in [1.165, 1.54) is 0 Å². The van der Waals surface area contributed by atoms with Gasteiger partial charge in [0.05, 0.1) is 6.42 Å². The van der Waals surface area contributed by atoms with Gasteiger partial charge in [0.25, 0.3) is 0 Å². The molecule has 0 heterocycles. The number of benzene rings is 3.